The standard InChI is InChI=1S/C25H26FN5O2.C4H9NO.C2H6/c1-16-8-17(26)2-3-21(16)33-23-12-28-15-30-24(23)31-13-25(14-31)9-18(10-25)32-22-5-7-29-20-4-6-27-11-19(20)22;1-4(2)5-3-6;1-2/h2-3,5,7-8,12,15,18,27H,4,6,9-11,13-14H2,1H3;3-4H,1-2H3,(H,5,6);1-2H3. The highest BCUT2D eigenvalue weighted by Gasteiger charge is 2.54. The van der Waals surface area contributed by atoms with Crippen LogP contribution in [0.25, 0.3) is 0 Å². The lowest BCUT2D eigenvalue weighted by molar-refractivity contribution is -0.109. The van der Waals surface area contributed by atoms with Crippen molar-refractivity contribution in [1.29, 1.82) is 0 Å². The first-order chi connectivity index (χ1) is 19.9. The summed E-state index contributed by atoms with van der Waals surface area (Å²) in [5, 5.41) is 5.94. The molecule has 2 aliphatic heterocycles. The first-order valence-electron chi connectivity index (χ1n) is 14.4. The van der Waals surface area contributed by atoms with E-state index >= 15 is 0 Å². The van der Waals surface area contributed by atoms with E-state index < -0.39 is 0 Å². The average molecular weight is 565 g/mol. The maximum Gasteiger partial charge on any atom is 0.207 e. The van der Waals surface area contributed by atoms with E-state index in [-0.39, 0.29) is 23.4 Å². The van der Waals surface area contributed by atoms with Gasteiger partial charge in [0.15, 0.2) is 11.6 Å². The van der Waals surface area contributed by atoms with Gasteiger partial charge in [0.2, 0.25) is 6.41 Å². The molecule has 1 saturated carbocycles. The number of aromatic nitrogens is 3. The van der Waals surface area contributed by atoms with Gasteiger partial charge >= 0.3 is 0 Å². The van der Waals surface area contributed by atoms with Crippen LogP contribution in [-0.2, 0) is 17.8 Å². The molecule has 2 aromatic heterocycles. The Balaban J connectivity index is 0.000000433. The first kappa shape index (κ1) is 30.2. The van der Waals surface area contributed by atoms with E-state index in [1.54, 1.807) is 12.3 Å². The van der Waals surface area contributed by atoms with Crippen molar-refractivity contribution in [3.63, 3.8) is 0 Å². The summed E-state index contributed by atoms with van der Waals surface area (Å²) in [6, 6.07) is 6.77. The van der Waals surface area contributed by atoms with Gasteiger partial charge in [-0.3, -0.25) is 9.78 Å². The summed E-state index contributed by atoms with van der Waals surface area (Å²) in [5.74, 6) is 2.67. The largest absolute Gasteiger partial charge is 0.490 e. The summed E-state index contributed by atoms with van der Waals surface area (Å²) in [4.78, 5) is 24.8. The van der Waals surface area contributed by atoms with Crippen molar-refractivity contribution < 1.29 is 18.7 Å². The number of carbonyl (C=O) groups is 1. The number of pyridine rings is 1. The fraction of sp³-hybridized carbons (Fsp3) is 0.484. The lowest BCUT2D eigenvalue weighted by atomic mass is 9.61. The maximum absolute atomic E-state index is 13.4. The lowest BCUT2D eigenvalue weighted by Gasteiger charge is -2.59. The second kappa shape index (κ2) is 13.7. The molecule has 220 valence electrons. The zero-order valence-corrected chi connectivity index (χ0v) is 24.6. The average Bonchev–Trinajstić information content (AvgIpc) is 2.93. The van der Waals surface area contributed by atoms with Crippen molar-refractivity contribution >= 4 is 12.2 Å². The van der Waals surface area contributed by atoms with Crippen LogP contribution in [-0.4, -0.2) is 53.1 Å². The van der Waals surface area contributed by atoms with Gasteiger partial charge in [-0.15, -0.1) is 0 Å². The van der Waals surface area contributed by atoms with Crippen molar-refractivity contribution in [2.75, 3.05) is 24.5 Å². The summed E-state index contributed by atoms with van der Waals surface area (Å²) in [6.45, 7) is 13.3. The number of fused-ring (bicyclic) bond motifs is 1. The Morgan fingerprint density at radius 2 is 1.93 bits per heavy atom. The van der Waals surface area contributed by atoms with E-state index in [2.05, 4.69) is 30.5 Å². The van der Waals surface area contributed by atoms with Gasteiger partial charge in [0.05, 0.1) is 6.20 Å². The number of anilines is 1. The van der Waals surface area contributed by atoms with Crippen LogP contribution >= 0.6 is 0 Å². The molecule has 1 aromatic carbocycles. The minimum atomic E-state index is -0.278. The van der Waals surface area contributed by atoms with Gasteiger partial charge in [-0.2, -0.15) is 0 Å². The van der Waals surface area contributed by atoms with Gasteiger partial charge in [0.25, 0.3) is 0 Å². The van der Waals surface area contributed by atoms with E-state index in [9.17, 15) is 9.18 Å². The molecule has 2 N–H and O–H groups in total. The molecule has 4 heterocycles. The third-order valence-electron chi connectivity index (χ3n) is 7.33. The minimum Gasteiger partial charge on any atom is -0.490 e. The number of nitrogens with one attached hydrogen (secondary N) is 2. The molecule has 0 radical (unpaired) electrons. The Labute approximate surface area is 241 Å². The highest BCUT2D eigenvalue weighted by atomic mass is 19.1. The number of hydrogen-bond acceptors (Lipinski definition) is 8. The molecule has 6 rings (SSSR count). The number of hydrogen-bond donors (Lipinski definition) is 2. The van der Waals surface area contributed by atoms with Crippen LogP contribution < -0.4 is 25.0 Å². The van der Waals surface area contributed by atoms with Gasteiger partial charge in [-0.05, 0) is 63.4 Å². The fourth-order valence-corrected chi connectivity index (χ4v) is 5.39. The van der Waals surface area contributed by atoms with E-state index in [0.717, 1.165) is 68.3 Å². The monoisotopic (exact) mass is 564 g/mol. The highest BCUT2D eigenvalue weighted by molar-refractivity contribution is 5.56. The van der Waals surface area contributed by atoms with Gasteiger partial charge in [-0.1, -0.05) is 13.8 Å². The quantitative estimate of drug-likeness (QED) is 0.388. The molecule has 9 nitrogen and oxygen atoms in total. The topological polar surface area (TPSA) is 102 Å². The third kappa shape index (κ3) is 7.30. The van der Waals surface area contributed by atoms with Crippen molar-refractivity contribution in [2.45, 2.75) is 72.6 Å². The fourth-order valence-electron chi connectivity index (χ4n) is 5.39. The Bertz CT molecular complexity index is 1310. The van der Waals surface area contributed by atoms with Crippen molar-refractivity contribution in [3.05, 3.63) is 65.6 Å². The van der Waals surface area contributed by atoms with E-state index in [0.29, 0.717) is 17.9 Å². The Morgan fingerprint density at radius 3 is 2.61 bits per heavy atom. The third-order valence-corrected chi connectivity index (χ3v) is 7.33. The maximum atomic E-state index is 13.4. The molecule has 3 aliphatic rings. The number of ether oxygens (including phenoxy) is 2. The van der Waals surface area contributed by atoms with Crippen LogP contribution in [0, 0.1) is 18.2 Å². The highest BCUT2D eigenvalue weighted by Crippen LogP contribution is 2.52. The van der Waals surface area contributed by atoms with Crippen molar-refractivity contribution in [1.82, 2.24) is 25.6 Å². The molecular weight excluding hydrogens is 523 g/mol. The van der Waals surface area contributed by atoms with Crippen molar-refractivity contribution in [3.8, 4) is 17.2 Å². The number of aryl methyl sites for hydroxylation is 1. The number of carbonyl (C=O) groups excluding carboxylic acids is 1. The van der Waals surface area contributed by atoms with Crippen LogP contribution in [0.3, 0.4) is 0 Å². The smallest absolute Gasteiger partial charge is 0.207 e. The molecule has 1 spiro atoms. The molecule has 1 aliphatic carbocycles. The molecule has 0 unspecified atom stereocenters. The molecule has 0 bridgehead atoms. The molecule has 41 heavy (non-hydrogen) atoms. The van der Waals surface area contributed by atoms with E-state index in [1.165, 1.54) is 24.0 Å². The zero-order chi connectivity index (χ0) is 29.4. The van der Waals surface area contributed by atoms with Gasteiger partial charge in [0, 0.05) is 61.5 Å². The zero-order valence-electron chi connectivity index (χ0n) is 24.6. The summed E-state index contributed by atoms with van der Waals surface area (Å²) in [6.07, 6.45) is 9.03. The molecular formula is C31H41FN6O3. The SMILES string of the molecule is CC.CC(C)NC=O.Cc1cc(F)ccc1Oc1cncnc1N1CC2(CC(Oc3ccnc4c3CNCC4)C2)C1. The lowest BCUT2D eigenvalue weighted by Crippen LogP contribution is -2.65. The second-order valence-electron chi connectivity index (χ2n) is 10.8. The summed E-state index contributed by atoms with van der Waals surface area (Å²) < 4.78 is 25.9. The Kier molecular flexibility index (Phi) is 10.1. The summed E-state index contributed by atoms with van der Waals surface area (Å²) in [5.41, 5.74) is 3.36. The van der Waals surface area contributed by atoms with Crippen molar-refractivity contribution in [2.24, 2.45) is 5.41 Å². The van der Waals surface area contributed by atoms with Crippen LogP contribution in [0.5, 0.6) is 17.2 Å². The number of benzene rings is 1. The van der Waals surface area contributed by atoms with E-state index in [1.807, 2.05) is 46.9 Å². The predicted octanol–water partition coefficient (Wildman–Crippen LogP) is 4.97. The molecule has 1 saturated heterocycles. The van der Waals surface area contributed by atoms with Gasteiger partial charge < -0.3 is 25.0 Å². The van der Waals surface area contributed by atoms with Crippen LogP contribution in [0.15, 0.2) is 43.0 Å². The predicted molar refractivity (Wildman–Crippen MR) is 157 cm³/mol. The normalized spacial score (nSPS) is 16.6. The molecule has 1 amide bonds. The first-order valence-corrected chi connectivity index (χ1v) is 14.4. The molecule has 0 atom stereocenters. The number of amides is 1. The molecule has 10 heteroatoms. The number of rotatable bonds is 7. The Hall–Kier alpha value is -3.79. The molecule has 3 aromatic rings. The van der Waals surface area contributed by atoms with Crippen LogP contribution in [0.1, 0.15) is 57.4 Å². The van der Waals surface area contributed by atoms with Crippen LogP contribution in [0.4, 0.5) is 10.2 Å². The van der Waals surface area contributed by atoms with Crippen LogP contribution in [0.2, 0.25) is 0 Å². The van der Waals surface area contributed by atoms with E-state index in [4.69, 9.17) is 9.47 Å². The summed E-state index contributed by atoms with van der Waals surface area (Å²) in [7, 11) is 0. The molecule has 2 fully saturated rings. The number of nitrogens with zero attached hydrogens (tertiary/aromatic N) is 4. The van der Waals surface area contributed by atoms with Gasteiger partial charge in [-0.25, -0.2) is 14.4 Å². The summed E-state index contributed by atoms with van der Waals surface area (Å²) >= 11 is 0. The van der Waals surface area contributed by atoms with Gasteiger partial charge in [0.1, 0.15) is 29.7 Å². The number of halogens is 1. The second-order valence-corrected chi connectivity index (χ2v) is 10.8. The minimum absolute atomic E-state index is 0.239. The Morgan fingerprint density at radius 1 is 1.15 bits per heavy atom.